The van der Waals surface area contributed by atoms with Gasteiger partial charge in [0.05, 0.1) is 9.82 Å². The van der Waals surface area contributed by atoms with E-state index >= 15 is 0 Å². The first-order valence-corrected chi connectivity index (χ1v) is 8.79. The lowest BCUT2D eigenvalue weighted by Gasteiger charge is -2.10. The van der Waals surface area contributed by atoms with Crippen LogP contribution in [0.5, 0.6) is 0 Å². The number of hydrogen-bond donors (Lipinski definition) is 3. The molecule has 0 radical (unpaired) electrons. The van der Waals surface area contributed by atoms with Gasteiger partial charge >= 0.3 is 12.1 Å². The number of sulfonamides is 1. The molecular weight excluding hydrogens is 413 g/mol. The quantitative estimate of drug-likeness (QED) is 0.285. The number of anilines is 1. The summed E-state index contributed by atoms with van der Waals surface area (Å²) >= 11 is 0. The highest BCUT2D eigenvalue weighted by Crippen LogP contribution is 2.26. The number of amides is 1. The van der Waals surface area contributed by atoms with Crippen molar-refractivity contribution in [3.63, 3.8) is 0 Å². The summed E-state index contributed by atoms with van der Waals surface area (Å²) in [6.45, 7) is -3.60. The van der Waals surface area contributed by atoms with Gasteiger partial charge in [0.2, 0.25) is 10.0 Å². The fourth-order valence-corrected chi connectivity index (χ4v) is 2.71. The van der Waals surface area contributed by atoms with Gasteiger partial charge in [-0.15, -0.1) is 0 Å². The Morgan fingerprint density at radius 3 is 2.46 bits per heavy atom. The van der Waals surface area contributed by atoms with E-state index in [0.29, 0.717) is 0 Å². The van der Waals surface area contributed by atoms with Gasteiger partial charge in [-0.1, -0.05) is 0 Å². The molecule has 0 unspecified atom stereocenters. The predicted molar refractivity (Wildman–Crippen MR) is 87.9 cm³/mol. The summed E-state index contributed by atoms with van der Waals surface area (Å²) in [5.74, 6) is -2.47. The van der Waals surface area contributed by atoms with Crippen LogP contribution in [0.4, 0.5) is 24.5 Å². The topological polar surface area (TPSA) is 157 Å². The third-order valence-corrected chi connectivity index (χ3v) is 4.40. The van der Waals surface area contributed by atoms with Gasteiger partial charge in [-0.2, -0.15) is 17.9 Å². The number of hydrogen-bond acceptors (Lipinski definition) is 8. The van der Waals surface area contributed by atoms with E-state index in [1.165, 1.54) is 12.4 Å². The number of nitro groups is 1. The third kappa shape index (κ3) is 7.36. The minimum Gasteiger partial charge on any atom is -0.455 e. The van der Waals surface area contributed by atoms with Gasteiger partial charge < -0.3 is 15.4 Å². The molecule has 0 aliphatic rings. The van der Waals surface area contributed by atoms with Gasteiger partial charge in [0, 0.05) is 13.1 Å². The fourth-order valence-electron chi connectivity index (χ4n) is 1.73. The number of alkyl halides is 3. The zero-order valence-electron chi connectivity index (χ0n) is 14.2. The van der Waals surface area contributed by atoms with E-state index in [0.717, 1.165) is 18.2 Å². The molecule has 1 rings (SSSR count). The maximum absolute atomic E-state index is 12.1. The summed E-state index contributed by atoms with van der Waals surface area (Å²) in [5, 5.41) is 14.9. The summed E-state index contributed by atoms with van der Waals surface area (Å²) in [7, 11) is -2.94. The van der Waals surface area contributed by atoms with E-state index in [-0.39, 0.29) is 5.69 Å². The number of nitro benzene ring substituents is 1. The first-order valence-electron chi connectivity index (χ1n) is 7.30. The molecule has 1 amide bonds. The number of benzene rings is 1. The molecule has 0 atom stereocenters. The molecule has 156 valence electrons. The number of rotatable bonds is 9. The van der Waals surface area contributed by atoms with Crippen LogP contribution >= 0.6 is 0 Å². The number of ether oxygens (including phenoxy) is 1. The van der Waals surface area contributed by atoms with E-state index in [1.807, 2.05) is 0 Å². The highest BCUT2D eigenvalue weighted by atomic mass is 32.2. The van der Waals surface area contributed by atoms with Crippen molar-refractivity contribution in [2.45, 2.75) is 11.1 Å². The van der Waals surface area contributed by atoms with Crippen molar-refractivity contribution >= 4 is 33.3 Å². The maximum atomic E-state index is 12.1. The number of nitrogens with one attached hydrogen (secondary N) is 3. The number of halogens is 3. The zero-order valence-corrected chi connectivity index (χ0v) is 15.0. The van der Waals surface area contributed by atoms with Crippen molar-refractivity contribution < 1.29 is 40.8 Å². The van der Waals surface area contributed by atoms with Gasteiger partial charge in [0.1, 0.15) is 18.8 Å². The molecule has 0 bridgehead atoms. The van der Waals surface area contributed by atoms with Crippen LogP contribution in [0.15, 0.2) is 23.1 Å². The third-order valence-electron chi connectivity index (χ3n) is 3.00. The van der Waals surface area contributed by atoms with Crippen LogP contribution in [0.25, 0.3) is 0 Å². The lowest BCUT2D eigenvalue weighted by atomic mass is 10.3. The van der Waals surface area contributed by atoms with Gasteiger partial charge in [-0.05, 0) is 12.1 Å². The molecule has 3 N–H and O–H groups in total. The van der Waals surface area contributed by atoms with E-state index in [1.54, 1.807) is 4.72 Å². The van der Waals surface area contributed by atoms with Gasteiger partial charge in [0.25, 0.3) is 11.6 Å². The summed E-state index contributed by atoms with van der Waals surface area (Å²) in [6.07, 6.45) is -4.64. The van der Waals surface area contributed by atoms with Crippen molar-refractivity contribution in [2.75, 3.05) is 32.1 Å². The van der Waals surface area contributed by atoms with Crippen molar-refractivity contribution in [3.05, 3.63) is 28.3 Å². The normalized spacial score (nSPS) is 11.6. The summed E-state index contributed by atoms with van der Waals surface area (Å²) in [4.78, 5) is 32.2. The second-order valence-corrected chi connectivity index (χ2v) is 6.83. The molecule has 1 aromatic carbocycles. The minimum atomic E-state index is -4.64. The van der Waals surface area contributed by atoms with Gasteiger partial charge in [-0.3, -0.25) is 19.7 Å². The number of carbonyl (C=O) groups is 2. The van der Waals surface area contributed by atoms with Crippen LogP contribution < -0.4 is 15.4 Å². The number of carbonyl (C=O) groups excluding carboxylic acids is 2. The molecule has 0 aromatic heterocycles. The van der Waals surface area contributed by atoms with Crippen LogP contribution in [0.2, 0.25) is 0 Å². The Bertz CT molecular complexity index is 858. The highest BCUT2D eigenvalue weighted by Gasteiger charge is 2.28. The van der Waals surface area contributed by atoms with Crippen molar-refractivity contribution in [2.24, 2.45) is 0 Å². The lowest BCUT2D eigenvalue weighted by Crippen LogP contribution is -2.37. The Morgan fingerprint density at radius 1 is 1.29 bits per heavy atom. The van der Waals surface area contributed by atoms with Crippen LogP contribution in [0, 0.1) is 10.1 Å². The van der Waals surface area contributed by atoms with Crippen LogP contribution in [-0.2, 0) is 24.3 Å². The standard InChI is InChI=1S/C13H15F3N4O7S/c1-17-9-3-2-8(4-10(9)20(23)24)28(25,26)19-5-12(22)27-6-11(21)18-7-13(14,15)16/h2-4,17,19H,5-7H2,1H3,(H,18,21). The van der Waals surface area contributed by atoms with Crippen LogP contribution in [0.1, 0.15) is 0 Å². The predicted octanol–water partition coefficient (Wildman–Crippen LogP) is 0.136. The molecule has 0 saturated carbocycles. The van der Waals surface area contributed by atoms with E-state index in [2.05, 4.69) is 10.1 Å². The average Bonchev–Trinajstić information content (AvgIpc) is 2.61. The molecule has 0 aliphatic carbocycles. The van der Waals surface area contributed by atoms with E-state index in [4.69, 9.17) is 0 Å². The largest absolute Gasteiger partial charge is 0.455 e. The molecule has 0 aliphatic heterocycles. The molecular formula is C13H15F3N4O7S. The van der Waals surface area contributed by atoms with Crippen LogP contribution in [-0.4, -0.2) is 58.1 Å². The Kier molecular flexibility index (Phi) is 7.69. The molecule has 15 heteroatoms. The SMILES string of the molecule is CNc1ccc(S(=O)(=O)NCC(=O)OCC(=O)NCC(F)(F)F)cc1[N+](=O)[O-]. The van der Waals surface area contributed by atoms with E-state index < -0.39 is 63.3 Å². The Hall–Kier alpha value is -2.94. The molecule has 0 spiro atoms. The lowest BCUT2D eigenvalue weighted by molar-refractivity contribution is -0.384. The van der Waals surface area contributed by atoms with Crippen LogP contribution in [0.3, 0.4) is 0 Å². The summed E-state index contributed by atoms with van der Waals surface area (Å²) in [5.41, 5.74) is -0.456. The maximum Gasteiger partial charge on any atom is 0.405 e. The minimum absolute atomic E-state index is 0.0632. The summed E-state index contributed by atoms with van der Waals surface area (Å²) < 4.78 is 66.1. The molecule has 11 nitrogen and oxygen atoms in total. The van der Waals surface area contributed by atoms with Crippen molar-refractivity contribution in [3.8, 4) is 0 Å². The Morgan fingerprint density at radius 2 is 1.93 bits per heavy atom. The highest BCUT2D eigenvalue weighted by molar-refractivity contribution is 7.89. The molecule has 0 saturated heterocycles. The fraction of sp³-hybridized carbons (Fsp3) is 0.385. The molecule has 0 heterocycles. The average molecular weight is 428 g/mol. The first kappa shape index (κ1) is 23.1. The second-order valence-electron chi connectivity index (χ2n) is 5.06. The number of nitrogens with zero attached hydrogens (tertiary/aromatic N) is 1. The molecule has 1 aromatic rings. The van der Waals surface area contributed by atoms with Crippen molar-refractivity contribution in [1.82, 2.24) is 10.0 Å². The monoisotopic (exact) mass is 428 g/mol. The van der Waals surface area contributed by atoms with Gasteiger partial charge in [0.15, 0.2) is 6.61 Å². The first-order chi connectivity index (χ1) is 12.9. The smallest absolute Gasteiger partial charge is 0.405 e. The summed E-state index contributed by atoms with van der Waals surface area (Å²) in [6, 6.07) is 2.97. The second kappa shape index (κ2) is 9.32. The van der Waals surface area contributed by atoms with E-state index in [9.17, 15) is 41.3 Å². The molecule has 28 heavy (non-hydrogen) atoms. The zero-order chi connectivity index (χ0) is 21.5. The van der Waals surface area contributed by atoms with Gasteiger partial charge in [-0.25, -0.2) is 8.42 Å². The number of esters is 1. The Labute approximate surface area is 156 Å². The Balaban J connectivity index is 2.64. The molecule has 0 fully saturated rings. The van der Waals surface area contributed by atoms with Crippen molar-refractivity contribution in [1.29, 1.82) is 0 Å².